The SMILES string of the molecule is COc1ccccc1CC1(C)NC(=O)N(CC(=O)c2ccc(-c3ccccc3)cc2)C1=O. The molecule has 4 rings (SSSR count). The van der Waals surface area contributed by atoms with Crippen LogP contribution in [0.2, 0.25) is 0 Å². The fourth-order valence-corrected chi connectivity index (χ4v) is 3.95. The normalized spacial score (nSPS) is 17.9. The Morgan fingerprint density at radius 2 is 1.53 bits per heavy atom. The largest absolute Gasteiger partial charge is 0.496 e. The summed E-state index contributed by atoms with van der Waals surface area (Å²) in [7, 11) is 1.56. The van der Waals surface area contributed by atoms with Gasteiger partial charge in [-0.3, -0.25) is 14.5 Å². The number of hydrogen-bond acceptors (Lipinski definition) is 4. The molecular weight excluding hydrogens is 404 g/mol. The van der Waals surface area contributed by atoms with Gasteiger partial charge in [-0.1, -0.05) is 72.8 Å². The number of ketones is 1. The van der Waals surface area contributed by atoms with Gasteiger partial charge in [-0.2, -0.15) is 0 Å². The highest BCUT2D eigenvalue weighted by Gasteiger charge is 2.48. The number of methoxy groups -OCH3 is 1. The number of rotatable bonds is 7. The highest BCUT2D eigenvalue weighted by Crippen LogP contribution is 2.27. The van der Waals surface area contributed by atoms with Gasteiger partial charge in [0.05, 0.1) is 13.7 Å². The number of hydrogen-bond donors (Lipinski definition) is 1. The standard InChI is InChI=1S/C26H24N2O4/c1-26(16-21-10-6-7-11-23(21)32-2)24(30)28(25(31)27-26)17-22(29)20-14-12-19(13-15-20)18-8-4-3-5-9-18/h3-15H,16-17H2,1-2H3,(H,27,31). The molecule has 0 aliphatic carbocycles. The third-order valence-electron chi connectivity index (χ3n) is 5.70. The molecule has 1 heterocycles. The first-order valence-corrected chi connectivity index (χ1v) is 10.4. The highest BCUT2D eigenvalue weighted by atomic mass is 16.5. The zero-order chi connectivity index (χ0) is 22.7. The number of carbonyl (C=O) groups is 3. The molecule has 3 aromatic carbocycles. The number of nitrogens with one attached hydrogen (secondary N) is 1. The molecule has 1 fully saturated rings. The monoisotopic (exact) mass is 428 g/mol. The van der Waals surface area contributed by atoms with Crippen LogP contribution in [0.3, 0.4) is 0 Å². The van der Waals surface area contributed by atoms with Crippen molar-refractivity contribution in [2.24, 2.45) is 0 Å². The van der Waals surface area contributed by atoms with Gasteiger partial charge < -0.3 is 10.1 Å². The summed E-state index contributed by atoms with van der Waals surface area (Å²) in [6, 6.07) is 23.8. The molecule has 0 radical (unpaired) electrons. The van der Waals surface area contributed by atoms with Crippen molar-refractivity contribution in [3.63, 3.8) is 0 Å². The van der Waals surface area contributed by atoms with E-state index in [0.717, 1.165) is 21.6 Å². The van der Waals surface area contributed by atoms with Crippen molar-refractivity contribution in [2.75, 3.05) is 13.7 Å². The van der Waals surface area contributed by atoms with E-state index in [1.165, 1.54) is 0 Å². The highest BCUT2D eigenvalue weighted by molar-refractivity contribution is 6.11. The van der Waals surface area contributed by atoms with Crippen LogP contribution in [0.5, 0.6) is 5.75 Å². The molecule has 1 aliphatic rings. The molecular formula is C26H24N2O4. The third kappa shape index (κ3) is 4.12. The van der Waals surface area contributed by atoms with Gasteiger partial charge >= 0.3 is 6.03 Å². The Labute approximate surface area is 186 Å². The number of Topliss-reactive ketones (excluding diaryl/α,β-unsaturated/α-hetero) is 1. The molecule has 6 nitrogen and oxygen atoms in total. The van der Waals surface area contributed by atoms with Crippen molar-refractivity contribution in [1.29, 1.82) is 0 Å². The Morgan fingerprint density at radius 1 is 0.906 bits per heavy atom. The predicted molar refractivity (Wildman–Crippen MR) is 122 cm³/mol. The summed E-state index contributed by atoms with van der Waals surface area (Å²) < 4.78 is 5.36. The minimum absolute atomic E-state index is 0.262. The van der Waals surface area contributed by atoms with Crippen LogP contribution in [0.4, 0.5) is 4.79 Å². The quantitative estimate of drug-likeness (QED) is 0.454. The van der Waals surface area contributed by atoms with Crippen LogP contribution in [-0.2, 0) is 11.2 Å². The maximum absolute atomic E-state index is 13.1. The molecule has 3 aromatic rings. The van der Waals surface area contributed by atoms with Crippen LogP contribution in [-0.4, -0.2) is 41.8 Å². The first-order valence-electron chi connectivity index (χ1n) is 10.4. The third-order valence-corrected chi connectivity index (χ3v) is 5.70. The fourth-order valence-electron chi connectivity index (χ4n) is 3.95. The lowest BCUT2D eigenvalue weighted by Crippen LogP contribution is -2.46. The van der Waals surface area contributed by atoms with Gasteiger partial charge in [-0.15, -0.1) is 0 Å². The first kappa shape index (κ1) is 21.3. The maximum Gasteiger partial charge on any atom is 0.325 e. The van der Waals surface area contributed by atoms with Gasteiger partial charge in [0, 0.05) is 12.0 Å². The lowest BCUT2D eigenvalue weighted by Gasteiger charge is -2.22. The Kier molecular flexibility index (Phi) is 5.77. The average molecular weight is 428 g/mol. The Balaban J connectivity index is 1.48. The molecule has 0 aromatic heterocycles. The molecule has 1 aliphatic heterocycles. The summed E-state index contributed by atoms with van der Waals surface area (Å²) in [5, 5.41) is 2.75. The van der Waals surface area contributed by atoms with Gasteiger partial charge in [0.1, 0.15) is 11.3 Å². The Morgan fingerprint density at radius 3 is 2.22 bits per heavy atom. The van der Waals surface area contributed by atoms with Gasteiger partial charge in [0.15, 0.2) is 5.78 Å². The first-order chi connectivity index (χ1) is 15.4. The summed E-state index contributed by atoms with van der Waals surface area (Å²) in [4.78, 5) is 39.5. The van der Waals surface area contributed by atoms with Crippen LogP contribution >= 0.6 is 0 Å². The number of imide groups is 1. The van der Waals surface area contributed by atoms with E-state index >= 15 is 0 Å². The van der Waals surface area contributed by atoms with Gasteiger partial charge in [0.2, 0.25) is 0 Å². The van der Waals surface area contributed by atoms with Crippen LogP contribution in [0.15, 0.2) is 78.9 Å². The minimum atomic E-state index is -1.15. The van der Waals surface area contributed by atoms with E-state index in [9.17, 15) is 14.4 Å². The summed E-state index contributed by atoms with van der Waals surface area (Å²) in [6.45, 7) is 1.36. The summed E-state index contributed by atoms with van der Waals surface area (Å²) in [6.07, 6.45) is 0.262. The van der Waals surface area contributed by atoms with Crippen molar-refractivity contribution in [2.45, 2.75) is 18.9 Å². The molecule has 0 spiro atoms. The molecule has 6 heteroatoms. The molecule has 1 N–H and O–H groups in total. The van der Waals surface area contributed by atoms with E-state index in [1.807, 2.05) is 60.7 Å². The van der Waals surface area contributed by atoms with Gasteiger partial charge in [-0.05, 0) is 29.7 Å². The van der Waals surface area contributed by atoms with Crippen molar-refractivity contribution >= 4 is 17.7 Å². The second-order valence-corrected chi connectivity index (χ2v) is 8.01. The average Bonchev–Trinajstić information content (AvgIpc) is 3.02. The maximum atomic E-state index is 13.1. The number of ether oxygens (including phenoxy) is 1. The number of carbonyl (C=O) groups excluding carboxylic acids is 3. The number of benzene rings is 3. The van der Waals surface area contributed by atoms with Crippen LogP contribution in [0.1, 0.15) is 22.8 Å². The molecule has 1 saturated heterocycles. The van der Waals surface area contributed by atoms with E-state index in [2.05, 4.69) is 5.32 Å². The second kappa shape index (κ2) is 8.67. The summed E-state index contributed by atoms with van der Waals surface area (Å²) in [5.41, 5.74) is 2.14. The number of para-hydroxylation sites is 1. The van der Waals surface area contributed by atoms with Crippen molar-refractivity contribution in [3.05, 3.63) is 90.0 Å². The zero-order valence-corrected chi connectivity index (χ0v) is 18.0. The topological polar surface area (TPSA) is 75.7 Å². The van der Waals surface area contributed by atoms with E-state index in [0.29, 0.717) is 11.3 Å². The smallest absolute Gasteiger partial charge is 0.325 e. The van der Waals surface area contributed by atoms with E-state index in [1.54, 1.807) is 32.2 Å². The Hall–Kier alpha value is -3.93. The molecule has 162 valence electrons. The minimum Gasteiger partial charge on any atom is -0.496 e. The van der Waals surface area contributed by atoms with Crippen LogP contribution in [0, 0.1) is 0 Å². The van der Waals surface area contributed by atoms with Gasteiger partial charge in [0.25, 0.3) is 5.91 Å². The van der Waals surface area contributed by atoms with E-state index in [-0.39, 0.29) is 18.7 Å². The molecule has 32 heavy (non-hydrogen) atoms. The van der Waals surface area contributed by atoms with Crippen LogP contribution in [0.25, 0.3) is 11.1 Å². The summed E-state index contributed by atoms with van der Waals surface area (Å²) in [5.74, 6) is -0.0823. The zero-order valence-electron chi connectivity index (χ0n) is 18.0. The van der Waals surface area contributed by atoms with Crippen molar-refractivity contribution < 1.29 is 19.1 Å². The van der Waals surface area contributed by atoms with E-state index < -0.39 is 17.5 Å². The molecule has 0 saturated carbocycles. The van der Waals surface area contributed by atoms with Crippen LogP contribution < -0.4 is 10.1 Å². The molecule has 3 amide bonds. The summed E-state index contributed by atoms with van der Waals surface area (Å²) >= 11 is 0. The lowest BCUT2D eigenvalue weighted by atomic mass is 9.92. The predicted octanol–water partition coefficient (Wildman–Crippen LogP) is 4.10. The number of amides is 3. The fraction of sp³-hybridized carbons (Fsp3) is 0.192. The molecule has 1 atom stereocenters. The van der Waals surface area contributed by atoms with Crippen molar-refractivity contribution in [3.8, 4) is 16.9 Å². The molecule has 0 bridgehead atoms. The van der Waals surface area contributed by atoms with E-state index in [4.69, 9.17) is 4.74 Å². The lowest BCUT2D eigenvalue weighted by molar-refractivity contribution is -0.130. The number of nitrogens with zero attached hydrogens (tertiary/aromatic N) is 1. The number of urea groups is 1. The molecule has 1 unspecified atom stereocenters. The van der Waals surface area contributed by atoms with Gasteiger partial charge in [-0.25, -0.2) is 4.79 Å². The Bertz CT molecular complexity index is 1160. The second-order valence-electron chi connectivity index (χ2n) is 8.01. The van der Waals surface area contributed by atoms with Crippen molar-refractivity contribution in [1.82, 2.24) is 10.2 Å².